The fourth-order valence-corrected chi connectivity index (χ4v) is 5.50. The van der Waals surface area contributed by atoms with E-state index in [9.17, 15) is 9.90 Å². The van der Waals surface area contributed by atoms with Crippen LogP contribution in [0.25, 0.3) is 0 Å². The molecule has 1 aliphatic heterocycles. The van der Waals surface area contributed by atoms with Gasteiger partial charge in [0.15, 0.2) is 11.4 Å². The zero-order valence-corrected chi connectivity index (χ0v) is 24.4. The Morgan fingerprint density at radius 2 is 1.52 bits per heavy atom. The van der Waals surface area contributed by atoms with E-state index in [0.29, 0.717) is 29.3 Å². The summed E-state index contributed by atoms with van der Waals surface area (Å²) in [4.78, 5) is 16.9. The second-order valence-electron chi connectivity index (χ2n) is 10.1. The Morgan fingerprint density at radius 1 is 0.864 bits per heavy atom. The van der Waals surface area contributed by atoms with E-state index in [1.807, 2.05) is 78.9 Å². The first-order chi connectivity index (χ1) is 21.6. The van der Waals surface area contributed by atoms with Gasteiger partial charge in [0.1, 0.15) is 17.8 Å². The van der Waals surface area contributed by atoms with Crippen LogP contribution >= 0.6 is 11.8 Å². The van der Waals surface area contributed by atoms with E-state index in [1.54, 1.807) is 36.0 Å². The van der Waals surface area contributed by atoms with E-state index < -0.39 is 6.29 Å². The zero-order chi connectivity index (χ0) is 30.1. The van der Waals surface area contributed by atoms with Gasteiger partial charge in [-0.2, -0.15) is 5.10 Å². The van der Waals surface area contributed by atoms with Crippen molar-refractivity contribution in [3.8, 4) is 11.5 Å². The van der Waals surface area contributed by atoms with Crippen LogP contribution in [0, 0.1) is 0 Å². The second kappa shape index (κ2) is 14.2. The van der Waals surface area contributed by atoms with Gasteiger partial charge in [-0.1, -0.05) is 66.4 Å². The smallest absolute Gasteiger partial charge is 0.323 e. The Hall–Kier alpha value is -4.68. The second-order valence-corrected chi connectivity index (χ2v) is 11.1. The normalized spacial score (nSPS) is 18.0. The molecule has 0 aliphatic carbocycles. The average Bonchev–Trinajstić information content (AvgIpc) is 3.59. The monoisotopic (exact) mass is 609 g/mol. The van der Waals surface area contributed by atoms with Gasteiger partial charge in [-0.3, -0.25) is 5.10 Å². The molecule has 44 heavy (non-hydrogen) atoms. The van der Waals surface area contributed by atoms with Gasteiger partial charge in [0.05, 0.1) is 18.8 Å². The molecule has 4 aromatic carbocycles. The number of carbonyl (C=O) groups excluding carboxylic acids is 1. The first-order valence-corrected chi connectivity index (χ1v) is 15.1. The van der Waals surface area contributed by atoms with Crippen LogP contribution in [0.4, 0.5) is 16.2 Å². The quantitative estimate of drug-likeness (QED) is 0.124. The van der Waals surface area contributed by atoms with Gasteiger partial charge in [0.25, 0.3) is 0 Å². The van der Waals surface area contributed by atoms with Crippen LogP contribution in [0.5, 0.6) is 11.5 Å². The molecule has 0 bridgehead atoms. The molecule has 1 fully saturated rings. The van der Waals surface area contributed by atoms with Crippen LogP contribution in [0.3, 0.4) is 0 Å². The van der Waals surface area contributed by atoms with Gasteiger partial charge in [-0.15, -0.1) is 0 Å². The molecule has 2 amide bonds. The SMILES string of the molecule is O=C(Nc1ccc(Oc2ccccc2)cc1)Nc1ccc(C2OC(CSc3ncn[nH]3)CC(c3ccc(CO)cc3)O2)cc1. The van der Waals surface area contributed by atoms with Crippen molar-refractivity contribution in [2.45, 2.75) is 36.7 Å². The summed E-state index contributed by atoms with van der Waals surface area (Å²) in [6.07, 6.45) is 1.23. The molecule has 1 aromatic heterocycles. The van der Waals surface area contributed by atoms with Gasteiger partial charge < -0.3 is 30.0 Å². The van der Waals surface area contributed by atoms with Crippen LogP contribution in [0.15, 0.2) is 115 Å². The number of benzene rings is 4. The molecule has 3 atom stereocenters. The van der Waals surface area contributed by atoms with E-state index in [1.165, 1.54) is 6.33 Å². The number of para-hydroxylation sites is 1. The highest BCUT2D eigenvalue weighted by molar-refractivity contribution is 7.99. The minimum absolute atomic E-state index is 0.0115. The summed E-state index contributed by atoms with van der Waals surface area (Å²) in [5, 5.41) is 22.6. The van der Waals surface area contributed by atoms with Crippen molar-refractivity contribution in [2.24, 2.45) is 0 Å². The zero-order valence-electron chi connectivity index (χ0n) is 23.6. The number of hydrogen-bond acceptors (Lipinski definition) is 8. The number of aliphatic hydroxyl groups is 1. The van der Waals surface area contributed by atoms with E-state index >= 15 is 0 Å². The van der Waals surface area contributed by atoms with E-state index in [-0.39, 0.29) is 24.8 Å². The molecule has 0 saturated carbocycles. The number of rotatable bonds is 10. The Labute approximate surface area is 258 Å². The summed E-state index contributed by atoms with van der Waals surface area (Å²) in [5.41, 5.74) is 3.95. The van der Waals surface area contributed by atoms with E-state index in [2.05, 4.69) is 25.8 Å². The predicted molar refractivity (Wildman–Crippen MR) is 168 cm³/mol. The molecule has 6 rings (SSSR count). The van der Waals surface area contributed by atoms with Gasteiger partial charge in [0, 0.05) is 29.1 Å². The van der Waals surface area contributed by atoms with E-state index in [4.69, 9.17) is 14.2 Å². The molecule has 0 radical (unpaired) electrons. The third-order valence-electron chi connectivity index (χ3n) is 6.95. The number of aliphatic hydroxyl groups excluding tert-OH is 1. The Morgan fingerprint density at radius 3 is 2.18 bits per heavy atom. The number of amides is 2. The summed E-state index contributed by atoms with van der Waals surface area (Å²) in [7, 11) is 0. The van der Waals surface area contributed by atoms with Gasteiger partial charge in [-0.25, -0.2) is 9.78 Å². The molecule has 4 N–H and O–H groups in total. The average molecular weight is 610 g/mol. The van der Waals surface area contributed by atoms with Crippen molar-refractivity contribution < 1.29 is 24.1 Å². The lowest BCUT2D eigenvalue weighted by Gasteiger charge is -2.36. The van der Waals surface area contributed by atoms with Crippen molar-refractivity contribution in [3.05, 3.63) is 126 Å². The lowest BCUT2D eigenvalue weighted by molar-refractivity contribution is -0.245. The first-order valence-electron chi connectivity index (χ1n) is 14.1. The molecule has 2 heterocycles. The highest BCUT2D eigenvalue weighted by Gasteiger charge is 2.32. The van der Waals surface area contributed by atoms with Gasteiger partial charge in [-0.05, 0) is 59.7 Å². The number of ether oxygens (including phenoxy) is 3. The number of aromatic nitrogens is 3. The number of hydrogen-bond donors (Lipinski definition) is 4. The number of H-pyrrole nitrogens is 1. The third kappa shape index (κ3) is 7.82. The minimum Gasteiger partial charge on any atom is -0.457 e. The number of urea groups is 1. The molecular formula is C33H31N5O5S. The van der Waals surface area contributed by atoms with Gasteiger partial charge >= 0.3 is 6.03 Å². The number of anilines is 2. The Balaban J connectivity index is 1.07. The molecule has 1 aliphatic rings. The highest BCUT2D eigenvalue weighted by atomic mass is 32.2. The molecule has 11 heteroatoms. The molecule has 10 nitrogen and oxygen atoms in total. The summed E-state index contributed by atoms with van der Waals surface area (Å²) in [6, 6.07) is 31.5. The molecule has 3 unspecified atom stereocenters. The van der Waals surface area contributed by atoms with Crippen LogP contribution in [-0.2, 0) is 16.1 Å². The summed E-state index contributed by atoms with van der Waals surface area (Å²) in [6.45, 7) is -0.0115. The molecule has 5 aromatic rings. The van der Waals surface area contributed by atoms with Crippen molar-refractivity contribution in [1.82, 2.24) is 15.2 Å². The van der Waals surface area contributed by atoms with Crippen molar-refractivity contribution in [2.75, 3.05) is 16.4 Å². The number of thioether (sulfide) groups is 1. The van der Waals surface area contributed by atoms with E-state index in [0.717, 1.165) is 27.6 Å². The van der Waals surface area contributed by atoms with Crippen molar-refractivity contribution in [1.29, 1.82) is 0 Å². The number of carbonyl (C=O) groups is 1. The molecule has 1 saturated heterocycles. The largest absolute Gasteiger partial charge is 0.457 e. The number of aromatic amines is 1. The predicted octanol–water partition coefficient (Wildman–Crippen LogP) is 7.07. The third-order valence-corrected chi connectivity index (χ3v) is 7.95. The first kappa shape index (κ1) is 29.4. The standard InChI is InChI=1S/C33H31N5O5S/c39-19-22-6-8-23(9-7-22)30-18-29(20-44-33-34-21-35-38-33)42-31(43-30)24-10-12-25(13-11-24)36-32(40)37-26-14-16-28(17-15-26)41-27-4-2-1-3-5-27/h1-17,21,29-31,39H,18-20H2,(H,34,35,38)(H2,36,37,40). The summed E-state index contributed by atoms with van der Waals surface area (Å²) < 4.78 is 18.6. The maximum atomic E-state index is 12.7. The lowest BCUT2D eigenvalue weighted by atomic mass is 10.0. The Bertz CT molecular complexity index is 1620. The molecule has 0 spiro atoms. The van der Waals surface area contributed by atoms with Crippen molar-refractivity contribution in [3.63, 3.8) is 0 Å². The van der Waals surface area contributed by atoms with Crippen LogP contribution in [0.2, 0.25) is 0 Å². The molecular weight excluding hydrogens is 578 g/mol. The molecule has 224 valence electrons. The Kier molecular flexibility index (Phi) is 9.48. The lowest BCUT2D eigenvalue weighted by Crippen LogP contribution is -2.31. The van der Waals surface area contributed by atoms with Crippen LogP contribution in [-0.4, -0.2) is 38.2 Å². The topological polar surface area (TPSA) is 131 Å². The van der Waals surface area contributed by atoms with Crippen molar-refractivity contribution >= 4 is 29.2 Å². The maximum absolute atomic E-state index is 12.7. The van der Waals surface area contributed by atoms with Crippen LogP contribution < -0.4 is 15.4 Å². The minimum atomic E-state index is -0.605. The summed E-state index contributed by atoms with van der Waals surface area (Å²) in [5.74, 6) is 2.08. The number of nitrogens with zero attached hydrogens (tertiary/aromatic N) is 2. The fraction of sp³-hybridized carbons (Fsp3) is 0.182. The number of nitrogens with one attached hydrogen (secondary N) is 3. The fourth-order valence-electron chi connectivity index (χ4n) is 4.71. The maximum Gasteiger partial charge on any atom is 0.323 e. The highest BCUT2D eigenvalue weighted by Crippen LogP contribution is 2.39. The van der Waals surface area contributed by atoms with Gasteiger partial charge in [0.2, 0.25) is 0 Å². The summed E-state index contributed by atoms with van der Waals surface area (Å²) >= 11 is 1.54. The van der Waals surface area contributed by atoms with Crippen LogP contribution in [0.1, 0.15) is 35.5 Å².